The third-order valence-corrected chi connectivity index (χ3v) is 3.15. The van der Waals surface area contributed by atoms with Crippen molar-refractivity contribution < 1.29 is 32.5 Å². The Balaban J connectivity index is 2.83. The van der Waals surface area contributed by atoms with Crippen LogP contribution in [0.25, 0.3) is 0 Å². The largest absolute Gasteiger partial charge is 0.573 e. The lowest BCUT2D eigenvalue weighted by molar-refractivity contribution is -0.275. The predicted octanol–water partition coefficient (Wildman–Crippen LogP) is 4.41. The molecule has 23 heavy (non-hydrogen) atoms. The van der Waals surface area contributed by atoms with Crippen LogP contribution in [-0.2, 0) is 0 Å². The van der Waals surface area contributed by atoms with Crippen molar-refractivity contribution in [1.29, 1.82) is 0 Å². The highest BCUT2D eigenvalue weighted by Gasteiger charge is 2.32. The fourth-order valence-corrected chi connectivity index (χ4v) is 2.25. The Labute approximate surface area is 139 Å². The number of hydrogen-bond donors (Lipinski definition) is 2. The summed E-state index contributed by atoms with van der Waals surface area (Å²) in [5, 5.41) is 11.1. The second kappa shape index (κ2) is 8.28. The molecule has 1 atom stereocenters. The Kier molecular flexibility index (Phi) is 6.99. The van der Waals surface area contributed by atoms with Gasteiger partial charge in [-0.2, -0.15) is 0 Å². The highest BCUT2D eigenvalue weighted by molar-refractivity contribution is 9.10. The topological polar surface area (TPSA) is 67.8 Å². The third kappa shape index (κ3) is 7.96. The molecular weight excluding hydrogens is 383 g/mol. The third-order valence-electron chi connectivity index (χ3n) is 2.65. The van der Waals surface area contributed by atoms with Crippen molar-refractivity contribution >= 4 is 22.0 Å². The van der Waals surface area contributed by atoms with Gasteiger partial charge in [-0.25, -0.2) is 4.79 Å². The smallest absolute Gasteiger partial charge is 0.488 e. The first-order valence-electron chi connectivity index (χ1n) is 6.74. The fraction of sp³-hybridized carbons (Fsp3) is 0.500. The van der Waals surface area contributed by atoms with Gasteiger partial charge >= 0.3 is 12.5 Å². The lowest BCUT2D eigenvalue weighted by atomic mass is 10.0. The monoisotopic (exact) mass is 399 g/mol. The first-order chi connectivity index (χ1) is 10.6. The van der Waals surface area contributed by atoms with E-state index in [1.807, 2.05) is 13.8 Å². The van der Waals surface area contributed by atoms with Gasteiger partial charge in [-0.3, -0.25) is 0 Å². The molecule has 0 bridgehead atoms. The molecule has 130 valence electrons. The van der Waals surface area contributed by atoms with Crippen molar-refractivity contribution in [2.75, 3.05) is 6.61 Å². The van der Waals surface area contributed by atoms with Crippen LogP contribution in [0.1, 0.15) is 20.3 Å². The summed E-state index contributed by atoms with van der Waals surface area (Å²) in [5.41, 5.74) is 0. The molecule has 1 unspecified atom stereocenters. The van der Waals surface area contributed by atoms with E-state index in [1.54, 1.807) is 0 Å². The minimum absolute atomic E-state index is 0.111. The van der Waals surface area contributed by atoms with E-state index in [4.69, 9.17) is 9.84 Å². The molecule has 0 aliphatic carbocycles. The molecule has 1 aromatic carbocycles. The van der Waals surface area contributed by atoms with Gasteiger partial charge in [-0.1, -0.05) is 29.8 Å². The Bertz CT molecular complexity index is 537. The van der Waals surface area contributed by atoms with Crippen LogP contribution in [0.3, 0.4) is 0 Å². The predicted molar refractivity (Wildman–Crippen MR) is 80.7 cm³/mol. The number of halogens is 4. The standard InChI is InChI=1S/C14H17BrF3NO4/c1-8(2)5-10(19-13(20)21)7-22-11-4-3-9(15)6-12(11)23-14(16,17)18/h3-4,6,8,10,19H,5,7H2,1-2H3,(H,20,21). The van der Waals surface area contributed by atoms with Crippen molar-refractivity contribution in [1.82, 2.24) is 5.32 Å². The molecule has 0 aliphatic heterocycles. The number of rotatable bonds is 7. The molecule has 2 N–H and O–H groups in total. The maximum atomic E-state index is 12.4. The van der Waals surface area contributed by atoms with Gasteiger partial charge in [0.15, 0.2) is 11.5 Å². The number of carboxylic acid groups (broad SMARTS) is 1. The van der Waals surface area contributed by atoms with Crippen LogP contribution in [-0.4, -0.2) is 30.2 Å². The first-order valence-corrected chi connectivity index (χ1v) is 7.53. The van der Waals surface area contributed by atoms with Gasteiger partial charge in [0, 0.05) is 4.47 Å². The van der Waals surface area contributed by atoms with Gasteiger partial charge in [0.1, 0.15) is 6.61 Å². The number of hydrogen-bond acceptors (Lipinski definition) is 3. The SMILES string of the molecule is CC(C)CC(COc1ccc(Br)cc1OC(F)(F)F)NC(=O)O. The zero-order valence-electron chi connectivity index (χ0n) is 12.5. The summed E-state index contributed by atoms with van der Waals surface area (Å²) in [6, 6.07) is 3.40. The van der Waals surface area contributed by atoms with Gasteiger partial charge in [0.05, 0.1) is 6.04 Å². The van der Waals surface area contributed by atoms with E-state index in [0.29, 0.717) is 10.9 Å². The highest BCUT2D eigenvalue weighted by Crippen LogP contribution is 2.34. The Morgan fingerprint density at radius 3 is 2.52 bits per heavy atom. The Hall–Kier alpha value is -1.64. The van der Waals surface area contributed by atoms with E-state index in [-0.39, 0.29) is 18.3 Å². The molecular formula is C14H17BrF3NO4. The summed E-state index contributed by atoms with van der Waals surface area (Å²) in [4.78, 5) is 10.8. The van der Waals surface area contributed by atoms with Crippen LogP contribution in [0.5, 0.6) is 11.5 Å². The van der Waals surface area contributed by atoms with Crippen molar-refractivity contribution in [3.8, 4) is 11.5 Å². The van der Waals surface area contributed by atoms with Gasteiger partial charge in [-0.15, -0.1) is 13.2 Å². The maximum absolute atomic E-state index is 12.4. The van der Waals surface area contributed by atoms with E-state index in [9.17, 15) is 18.0 Å². The lowest BCUT2D eigenvalue weighted by Crippen LogP contribution is -2.39. The van der Waals surface area contributed by atoms with Crippen LogP contribution in [0, 0.1) is 5.92 Å². The number of alkyl halides is 3. The number of benzene rings is 1. The van der Waals surface area contributed by atoms with Crippen molar-refractivity contribution in [2.24, 2.45) is 5.92 Å². The summed E-state index contributed by atoms with van der Waals surface area (Å²) < 4.78 is 46.9. The summed E-state index contributed by atoms with van der Waals surface area (Å²) >= 11 is 3.06. The molecule has 0 heterocycles. The van der Waals surface area contributed by atoms with Gasteiger partial charge in [0.25, 0.3) is 0 Å². The fourth-order valence-electron chi connectivity index (χ4n) is 1.91. The zero-order chi connectivity index (χ0) is 17.6. The molecule has 0 saturated carbocycles. The van der Waals surface area contributed by atoms with Crippen molar-refractivity contribution in [2.45, 2.75) is 32.7 Å². The quantitative estimate of drug-likeness (QED) is 0.712. The highest BCUT2D eigenvalue weighted by atomic mass is 79.9. The number of carbonyl (C=O) groups is 1. The van der Waals surface area contributed by atoms with Gasteiger partial charge < -0.3 is 19.9 Å². The van der Waals surface area contributed by atoms with Gasteiger partial charge in [-0.05, 0) is 30.5 Å². The summed E-state index contributed by atoms with van der Waals surface area (Å²) in [5.74, 6) is -0.428. The zero-order valence-corrected chi connectivity index (χ0v) is 14.1. The lowest BCUT2D eigenvalue weighted by Gasteiger charge is -2.21. The minimum atomic E-state index is -4.85. The Morgan fingerprint density at radius 2 is 2.00 bits per heavy atom. The van der Waals surface area contributed by atoms with E-state index >= 15 is 0 Å². The van der Waals surface area contributed by atoms with Crippen LogP contribution in [0.2, 0.25) is 0 Å². The van der Waals surface area contributed by atoms with Crippen LogP contribution < -0.4 is 14.8 Å². The molecule has 9 heteroatoms. The molecule has 0 saturated heterocycles. The maximum Gasteiger partial charge on any atom is 0.573 e. The number of amides is 1. The summed E-state index contributed by atoms with van der Waals surface area (Å²) in [6.07, 6.45) is -5.59. The van der Waals surface area contributed by atoms with E-state index in [0.717, 1.165) is 6.07 Å². The first kappa shape index (κ1) is 19.4. The van der Waals surface area contributed by atoms with E-state index in [2.05, 4.69) is 26.0 Å². The van der Waals surface area contributed by atoms with E-state index in [1.165, 1.54) is 12.1 Å². The summed E-state index contributed by atoms with van der Waals surface area (Å²) in [6.45, 7) is 3.68. The normalized spacial score (nSPS) is 12.8. The van der Waals surface area contributed by atoms with E-state index < -0.39 is 24.2 Å². The van der Waals surface area contributed by atoms with Crippen molar-refractivity contribution in [3.63, 3.8) is 0 Å². The molecule has 1 aromatic rings. The molecule has 1 rings (SSSR count). The average Bonchev–Trinajstić information content (AvgIpc) is 2.34. The van der Waals surface area contributed by atoms with Crippen LogP contribution in [0.4, 0.5) is 18.0 Å². The Morgan fingerprint density at radius 1 is 1.35 bits per heavy atom. The second-order valence-electron chi connectivity index (χ2n) is 5.23. The second-order valence-corrected chi connectivity index (χ2v) is 6.14. The van der Waals surface area contributed by atoms with Crippen LogP contribution >= 0.6 is 15.9 Å². The molecule has 0 aliphatic rings. The van der Waals surface area contributed by atoms with Crippen LogP contribution in [0.15, 0.2) is 22.7 Å². The molecule has 0 fully saturated rings. The minimum Gasteiger partial charge on any atom is -0.488 e. The number of ether oxygens (including phenoxy) is 2. The molecule has 1 amide bonds. The molecule has 0 aromatic heterocycles. The number of nitrogens with one attached hydrogen (secondary N) is 1. The summed E-state index contributed by atoms with van der Waals surface area (Å²) in [7, 11) is 0. The molecule has 0 spiro atoms. The van der Waals surface area contributed by atoms with Crippen molar-refractivity contribution in [3.05, 3.63) is 22.7 Å². The molecule has 5 nitrogen and oxygen atoms in total. The van der Waals surface area contributed by atoms with Gasteiger partial charge in [0.2, 0.25) is 0 Å². The molecule has 0 radical (unpaired) electrons. The average molecular weight is 400 g/mol.